The van der Waals surface area contributed by atoms with Crippen LogP contribution in [-0.4, -0.2) is 31.2 Å². The number of aromatic hydroxyl groups is 1. The Morgan fingerprint density at radius 2 is 1.57 bits per heavy atom. The number of hydrogen-bond acceptors (Lipinski definition) is 5. The van der Waals surface area contributed by atoms with Gasteiger partial charge in [0.1, 0.15) is 11.5 Å². The monoisotopic (exact) mass is 386 g/mol. The Hall–Kier alpha value is -2.69. The minimum atomic E-state index is -0.0457. The molecule has 2 aromatic rings. The van der Waals surface area contributed by atoms with Crippen LogP contribution in [-0.2, 0) is 0 Å². The van der Waals surface area contributed by atoms with E-state index >= 15 is 0 Å². The first-order valence-corrected chi connectivity index (χ1v) is 9.68. The number of ketones is 1. The van der Waals surface area contributed by atoms with Crippen LogP contribution in [0.2, 0.25) is 0 Å². The van der Waals surface area contributed by atoms with Crippen LogP contribution < -0.4 is 14.2 Å². The second kappa shape index (κ2) is 10.6. The minimum absolute atomic E-state index is 0.0163. The number of phenols is 1. The van der Waals surface area contributed by atoms with Gasteiger partial charge in [0.15, 0.2) is 17.3 Å². The normalized spacial score (nSPS) is 10.8. The fourth-order valence-corrected chi connectivity index (χ4v) is 2.85. The fraction of sp³-hybridized carbons (Fsp3) is 0.435. The molecule has 0 saturated heterocycles. The third-order valence-electron chi connectivity index (χ3n) is 4.40. The van der Waals surface area contributed by atoms with Crippen molar-refractivity contribution in [1.82, 2.24) is 0 Å². The van der Waals surface area contributed by atoms with Crippen molar-refractivity contribution >= 4 is 5.78 Å². The summed E-state index contributed by atoms with van der Waals surface area (Å²) in [6.07, 6.45) is 2.05. The highest BCUT2D eigenvalue weighted by atomic mass is 16.5. The van der Waals surface area contributed by atoms with Gasteiger partial charge in [-0.1, -0.05) is 26.0 Å². The summed E-state index contributed by atoms with van der Waals surface area (Å²) in [6.45, 7) is 6.81. The third-order valence-corrected chi connectivity index (χ3v) is 4.40. The first kappa shape index (κ1) is 21.6. The average Bonchev–Trinajstić information content (AvgIpc) is 2.67. The van der Waals surface area contributed by atoms with E-state index < -0.39 is 0 Å². The predicted molar refractivity (Wildman–Crippen MR) is 110 cm³/mol. The van der Waals surface area contributed by atoms with Crippen LogP contribution in [0, 0.1) is 12.8 Å². The van der Waals surface area contributed by atoms with Crippen molar-refractivity contribution < 1.29 is 24.1 Å². The molecule has 5 nitrogen and oxygen atoms in total. The fourth-order valence-electron chi connectivity index (χ4n) is 2.85. The van der Waals surface area contributed by atoms with Crippen LogP contribution in [0.15, 0.2) is 36.4 Å². The molecule has 1 N–H and O–H groups in total. The SMILES string of the molecule is COc1ccccc1OCCCCOc1ccc(C(=O)CC(C)C)c(O)c1C. The molecular formula is C23H30O5. The van der Waals surface area contributed by atoms with Gasteiger partial charge in [0.2, 0.25) is 0 Å². The van der Waals surface area contributed by atoms with E-state index in [1.165, 1.54) is 0 Å². The second-order valence-corrected chi connectivity index (χ2v) is 7.16. The number of benzene rings is 2. The molecule has 0 bridgehead atoms. The number of phenolic OH excluding ortho intramolecular Hbond substituents is 1. The lowest BCUT2D eigenvalue weighted by molar-refractivity contribution is 0.0965. The molecule has 0 aliphatic heterocycles. The maximum atomic E-state index is 12.2. The summed E-state index contributed by atoms with van der Waals surface area (Å²) in [5.74, 6) is 2.27. The summed E-state index contributed by atoms with van der Waals surface area (Å²) < 4.78 is 16.8. The van der Waals surface area contributed by atoms with Crippen LogP contribution in [0.25, 0.3) is 0 Å². The van der Waals surface area contributed by atoms with Gasteiger partial charge in [0, 0.05) is 12.0 Å². The number of para-hydroxylation sites is 2. The summed E-state index contributed by atoms with van der Waals surface area (Å²) in [5.41, 5.74) is 0.962. The van der Waals surface area contributed by atoms with Gasteiger partial charge in [-0.2, -0.15) is 0 Å². The van der Waals surface area contributed by atoms with Gasteiger partial charge in [-0.3, -0.25) is 4.79 Å². The second-order valence-electron chi connectivity index (χ2n) is 7.16. The van der Waals surface area contributed by atoms with Gasteiger partial charge >= 0.3 is 0 Å². The average molecular weight is 386 g/mol. The number of hydrogen-bond donors (Lipinski definition) is 1. The Morgan fingerprint density at radius 1 is 0.964 bits per heavy atom. The highest BCUT2D eigenvalue weighted by Crippen LogP contribution is 2.32. The highest BCUT2D eigenvalue weighted by Gasteiger charge is 2.17. The van der Waals surface area contributed by atoms with Crippen LogP contribution in [0.3, 0.4) is 0 Å². The smallest absolute Gasteiger partial charge is 0.166 e. The van der Waals surface area contributed by atoms with Gasteiger partial charge in [-0.25, -0.2) is 0 Å². The molecule has 152 valence electrons. The van der Waals surface area contributed by atoms with E-state index in [2.05, 4.69) is 0 Å². The minimum Gasteiger partial charge on any atom is -0.507 e. The lowest BCUT2D eigenvalue weighted by Gasteiger charge is -2.14. The number of carbonyl (C=O) groups is 1. The van der Waals surface area contributed by atoms with Crippen LogP contribution in [0.4, 0.5) is 0 Å². The van der Waals surface area contributed by atoms with Crippen molar-refractivity contribution in [3.8, 4) is 23.0 Å². The molecule has 0 radical (unpaired) electrons. The van der Waals surface area contributed by atoms with Crippen molar-refractivity contribution in [3.05, 3.63) is 47.5 Å². The Labute approximate surface area is 167 Å². The molecule has 0 saturated carbocycles. The Bertz CT molecular complexity index is 783. The van der Waals surface area contributed by atoms with Crippen LogP contribution in [0.1, 0.15) is 49.0 Å². The van der Waals surface area contributed by atoms with Crippen molar-refractivity contribution in [2.24, 2.45) is 5.92 Å². The van der Waals surface area contributed by atoms with E-state index in [-0.39, 0.29) is 17.5 Å². The van der Waals surface area contributed by atoms with Gasteiger partial charge in [-0.05, 0) is 49.9 Å². The van der Waals surface area contributed by atoms with Crippen LogP contribution in [0.5, 0.6) is 23.0 Å². The topological polar surface area (TPSA) is 65.0 Å². The molecule has 2 rings (SSSR count). The largest absolute Gasteiger partial charge is 0.507 e. The Balaban J connectivity index is 1.80. The van der Waals surface area contributed by atoms with E-state index in [1.807, 2.05) is 38.1 Å². The maximum Gasteiger partial charge on any atom is 0.166 e. The predicted octanol–water partition coefficient (Wildman–Crippen LogP) is 5.18. The lowest BCUT2D eigenvalue weighted by Crippen LogP contribution is -2.06. The van der Waals surface area contributed by atoms with E-state index in [4.69, 9.17) is 14.2 Å². The molecule has 28 heavy (non-hydrogen) atoms. The first-order valence-electron chi connectivity index (χ1n) is 9.68. The van der Waals surface area contributed by atoms with Crippen molar-refractivity contribution in [2.45, 2.75) is 40.0 Å². The summed E-state index contributed by atoms with van der Waals surface area (Å²) in [5, 5.41) is 10.3. The van der Waals surface area contributed by atoms with Gasteiger partial charge in [-0.15, -0.1) is 0 Å². The molecule has 0 atom stereocenters. The van der Waals surface area contributed by atoms with E-state index in [0.29, 0.717) is 36.5 Å². The van der Waals surface area contributed by atoms with Gasteiger partial charge in [0.25, 0.3) is 0 Å². The zero-order valence-corrected chi connectivity index (χ0v) is 17.2. The Kier molecular flexibility index (Phi) is 8.18. The summed E-state index contributed by atoms with van der Waals surface area (Å²) in [6, 6.07) is 11.0. The summed E-state index contributed by atoms with van der Waals surface area (Å²) in [4.78, 5) is 12.2. The molecule has 0 aromatic heterocycles. The molecule has 0 fully saturated rings. The molecule has 0 spiro atoms. The van der Waals surface area contributed by atoms with Gasteiger partial charge in [0.05, 0.1) is 25.9 Å². The molecule has 5 heteroatoms. The standard InChI is InChI=1S/C23H30O5/c1-16(2)15-19(24)18-11-12-20(17(3)23(18)25)27-13-7-8-14-28-22-10-6-5-9-21(22)26-4/h5-6,9-12,16,25H,7-8,13-15H2,1-4H3. The molecular weight excluding hydrogens is 356 g/mol. The van der Waals surface area contributed by atoms with Crippen LogP contribution >= 0.6 is 0 Å². The summed E-state index contributed by atoms with van der Waals surface area (Å²) in [7, 11) is 1.62. The molecule has 0 heterocycles. The molecule has 0 aliphatic rings. The number of ether oxygens (including phenoxy) is 3. The van der Waals surface area contributed by atoms with E-state index in [9.17, 15) is 9.90 Å². The van der Waals surface area contributed by atoms with Crippen molar-refractivity contribution in [1.29, 1.82) is 0 Å². The van der Waals surface area contributed by atoms with Crippen molar-refractivity contribution in [2.75, 3.05) is 20.3 Å². The highest BCUT2D eigenvalue weighted by molar-refractivity contribution is 5.99. The zero-order valence-electron chi connectivity index (χ0n) is 17.2. The molecule has 2 aromatic carbocycles. The number of unbranched alkanes of at least 4 members (excludes halogenated alkanes) is 1. The Morgan fingerprint density at radius 3 is 2.18 bits per heavy atom. The first-order chi connectivity index (χ1) is 13.4. The summed E-state index contributed by atoms with van der Waals surface area (Å²) >= 11 is 0. The number of Topliss-reactive ketones (excluding diaryl/α,β-unsaturated/α-hetero) is 1. The molecule has 0 aliphatic carbocycles. The zero-order chi connectivity index (χ0) is 20.5. The van der Waals surface area contributed by atoms with E-state index in [1.54, 1.807) is 26.2 Å². The van der Waals surface area contributed by atoms with Crippen molar-refractivity contribution in [3.63, 3.8) is 0 Å². The third kappa shape index (κ3) is 5.91. The number of carbonyl (C=O) groups excluding carboxylic acids is 1. The lowest BCUT2D eigenvalue weighted by atomic mass is 9.98. The molecule has 0 unspecified atom stereocenters. The number of rotatable bonds is 11. The molecule has 0 amide bonds. The quantitative estimate of drug-likeness (QED) is 0.426. The van der Waals surface area contributed by atoms with Gasteiger partial charge < -0.3 is 19.3 Å². The number of methoxy groups -OCH3 is 1. The maximum absolute atomic E-state index is 12.2. The van der Waals surface area contributed by atoms with E-state index in [0.717, 1.165) is 24.3 Å².